The van der Waals surface area contributed by atoms with Crippen molar-refractivity contribution in [3.05, 3.63) is 57.8 Å². The summed E-state index contributed by atoms with van der Waals surface area (Å²) in [7, 11) is 0. The lowest BCUT2D eigenvalue weighted by atomic mass is 9.77. The second-order valence-corrected chi connectivity index (χ2v) is 12.1. The van der Waals surface area contributed by atoms with Crippen LogP contribution in [0.2, 0.25) is 0 Å². The highest BCUT2D eigenvalue weighted by Crippen LogP contribution is 2.49. The van der Waals surface area contributed by atoms with Gasteiger partial charge in [-0.15, -0.1) is 11.3 Å². The number of amides is 1. The number of hydrogen-bond donors (Lipinski definition) is 0. The van der Waals surface area contributed by atoms with Crippen molar-refractivity contribution in [3.8, 4) is 0 Å². The molecule has 0 radical (unpaired) electrons. The van der Waals surface area contributed by atoms with Crippen LogP contribution in [-0.4, -0.2) is 27.6 Å². The Morgan fingerprint density at radius 1 is 1.16 bits per heavy atom. The number of aromatic nitrogens is 1. The fraction of sp³-hybridized carbons (Fsp3) is 0.480. The summed E-state index contributed by atoms with van der Waals surface area (Å²) in [5, 5.41) is 2.53. The monoisotopic (exact) mass is 514 g/mol. The molecule has 4 unspecified atom stereocenters. The molecule has 168 valence electrons. The number of carbonyl (C=O) groups is 2. The molecule has 3 heterocycles. The summed E-state index contributed by atoms with van der Waals surface area (Å²) in [6, 6.07) is 7.75. The Bertz CT molecular complexity index is 1110. The number of carbonyl (C=O) groups excluding carboxylic acids is 2. The fourth-order valence-corrected chi connectivity index (χ4v) is 6.44. The molecule has 1 aliphatic carbocycles. The van der Waals surface area contributed by atoms with Crippen molar-refractivity contribution < 1.29 is 14.3 Å². The third-order valence-electron chi connectivity index (χ3n) is 6.69. The molecule has 0 bridgehead atoms. The van der Waals surface area contributed by atoms with Gasteiger partial charge in [-0.2, -0.15) is 0 Å². The van der Waals surface area contributed by atoms with Crippen LogP contribution in [-0.2, 0) is 19.7 Å². The van der Waals surface area contributed by atoms with Crippen molar-refractivity contribution in [1.82, 2.24) is 4.98 Å². The van der Waals surface area contributed by atoms with Gasteiger partial charge in [0.2, 0.25) is 0 Å². The first-order valence-corrected chi connectivity index (χ1v) is 12.9. The largest absolute Gasteiger partial charge is 0.483 e. The summed E-state index contributed by atoms with van der Waals surface area (Å²) >= 11 is 5.11. The van der Waals surface area contributed by atoms with Crippen molar-refractivity contribution in [2.45, 2.75) is 69.3 Å². The van der Waals surface area contributed by atoms with E-state index in [-0.39, 0.29) is 34.9 Å². The summed E-state index contributed by atoms with van der Waals surface area (Å²) in [6.45, 7) is 8.42. The first-order chi connectivity index (χ1) is 15.1. The molecule has 5 nitrogen and oxygen atoms in total. The number of ketones is 1. The molecule has 32 heavy (non-hydrogen) atoms. The van der Waals surface area contributed by atoms with Gasteiger partial charge < -0.3 is 4.74 Å². The number of ether oxygens (including phenoxy) is 1. The first-order valence-electron chi connectivity index (χ1n) is 11.1. The standard InChI is InChI=1S/C25H27BrN2O3S/c1-13-12-32-24(27-13)28-20(14-5-7-15(8-6-14)25(2,3)4)19-21(29)17-11-16(26)9-10-18(17)31-22(19)23(28)30/h5-8,12,16-18,20H,9-11H2,1-4H3. The van der Waals surface area contributed by atoms with Gasteiger partial charge in [-0.3, -0.25) is 14.5 Å². The van der Waals surface area contributed by atoms with Gasteiger partial charge in [0, 0.05) is 10.2 Å². The lowest BCUT2D eigenvalue weighted by molar-refractivity contribution is -0.131. The molecular weight excluding hydrogens is 488 g/mol. The number of rotatable bonds is 2. The predicted octanol–water partition coefficient (Wildman–Crippen LogP) is 5.62. The Balaban J connectivity index is 1.62. The van der Waals surface area contributed by atoms with Gasteiger partial charge in [0.15, 0.2) is 16.7 Å². The molecule has 1 fully saturated rings. The van der Waals surface area contributed by atoms with Gasteiger partial charge in [0.1, 0.15) is 6.10 Å². The fourth-order valence-electron chi connectivity index (χ4n) is 4.95. The molecule has 1 aromatic heterocycles. The number of fused-ring (bicyclic) bond motifs is 1. The van der Waals surface area contributed by atoms with E-state index in [0.717, 1.165) is 30.5 Å². The van der Waals surface area contributed by atoms with Crippen LogP contribution in [0, 0.1) is 12.8 Å². The first kappa shape index (κ1) is 21.8. The van der Waals surface area contributed by atoms with Gasteiger partial charge in [0.05, 0.1) is 23.2 Å². The number of benzene rings is 1. The minimum Gasteiger partial charge on any atom is -0.483 e. The van der Waals surface area contributed by atoms with Crippen LogP contribution in [0.3, 0.4) is 0 Å². The molecule has 0 spiro atoms. The van der Waals surface area contributed by atoms with Crippen LogP contribution >= 0.6 is 27.3 Å². The van der Waals surface area contributed by atoms with Gasteiger partial charge >= 0.3 is 0 Å². The maximum atomic E-state index is 13.8. The van der Waals surface area contributed by atoms with Gasteiger partial charge in [-0.1, -0.05) is 61.0 Å². The van der Waals surface area contributed by atoms with Crippen molar-refractivity contribution in [3.63, 3.8) is 0 Å². The number of alkyl halides is 1. The normalized spacial score (nSPS) is 28.0. The zero-order valence-corrected chi connectivity index (χ0v) is 21.1. The van der Waals surface area contributed by atoms with E-state index in [4.69, 9.17) is 4.74 Å². The molecule has 0 saturated heterocycles. The average Bonchev–Trinajstić information content (AvgIpc) is 3.29. The lowest BCUT2D eigenvalue weighted by Crippen LogP contribution is -2.41. The Morgan fingerprint density at radius 3 is 2.50 bits per heavy atom. The Kier molecular flexibility index (Phi) is 5.32. The summed E-state index contributed by atoms with van der Waals surface area (Å²) in [4.78, 5) is 33.9. The Labute approximate surface area is 201 Å². The molecule has 2 aromatic rings. The molecule has 7 heteroatoms. The molecule has 1 amide bonds. The van der Waals surface area contributed by atoms with Gasteiger partial charge in [0.25, 0.3) is 5.91 Å². The maximum Gasteiger partial charge on any atom is 0.296 e. The van der Waals surface area contributed by atoms with Crippen molar-refractivity contribution >= 4 is 44.1 Å². The Hall–Kier alpha value is -1.99. The number of Topliss-reactive ketones (excluding diaryl/α,β-unsaturated/α-hetero) is 1. The molecule has 0 N–H and O–H groups in total. The summed E-state index contributed by atoms with van der Waals surface area (Å²) in [5.74, 6) is -0.197. The lowest BCUT2D eigenvalue weighted by Gasteiger charge is -2.37. The summed E-state index contributed by atoms with van der Waals surface area (Å²) < 4.78 is 6.26. The number of anilines is 1. The minimum absolute atomic E-state index is 0.0184. The van der Waals surface area contributed by atoms with E-state index >= 15 is 0 Å². The van der Waals surface area contributed by atoms with E-state index in [1.807, 2.05) is 24.4 Å². The smallest absolute Gasteiger partial charge is 0.296 e. The van der Waals surface area contributed by atoms with Crippen LogP contribution in [0.1, 0.15) is 62.9 Å². The maximum absolute atomic E-state index is 13.8. The highest BCUT2D eigenvalue weighted by atomic mass is 79.9. The molecule has 2 aliphatic heterocycles. The number of aryl methyl sites for hydroxylation is 1. The number of hydrogen-bond acceptors (Lipinski definition) is 5. The van der Waals surface area contributed by atoms with Crippen molar-refractivity contribution in [2.75, 3.05) is 4.90 Å². The molecule has 1 saturated carbocycles. The molecule has 4 atom stereocenters. The third-order valence-corrected chi connectivity index (χ3v) is 8.48. The number of thiazole rings is 1. The van der Waals surface area contributed by atoms with Crippen LogP contribution in [0.25, 0.3) is 0 Å². The van der Waals surface area contributed by atoms with Crippen LogP contribution in [0.4, 0.5) is 5.13 Å². The van der Waals surface area contributed by atoms with E-state index in [1.165, 1.54) is 16.9 Å². The van der Waals surface area contributed by atoms with Crippen LogP contribution in [0.5, 0.6) is 0 Å². The zero-order chi connectivity index (χ0) is 22.8. The number of nitrogens with zero attached hydrogens (tertiary/aromatic N) is 2. The van der Waals surface area contributed by atoms with Gasteiger partial charge in [-0.25, -0.2) is 4.98 Å². The third kappa shape index (κ3) is 3.54. The topological polar surface area (TPSA) is 59.5 Å². The average molecular weight is 515 g/mol. The highest BCUT2D eigenvalue weighted by Gasteiger charge is 2.53. The quantitative estimate of drug-likeness (QED) is 0.487. The second-order valence-electron chi connectivity index (χ2n) is 10.0. The van der Waals surface area contributed by atoms with E-state index < -0.39 is 6.04 Å². The van der Waals surface area contributed by atoms with Crippen LogP contribution in [0.15, 0.2) is 41.0 Å². The minimum atomic E-state index is -0.513. The zero-order valence-electron chi connectivity index (χ0n) is 18.7. The highest BCUT2D eigenvalue weighted by molar-refractivity contribution is 9.09. The molecular formula is C25H27BrN2O3S. The summed E-state index contributed by atoms with van der Waals surface area (Å²) in [5.41, 5.74) is 3.48. The van der Waals surface area contributed by atoms with E-state index in [9.17, 15) is 9.59 Å². The van der Waals surface area contributed by atoms with Crippen molar-refractivity contribution in [1.29, 1.82) is 0 Å². The summed E-state index contributed by atoms with van der Waals surface area (Å²) in [6.07, 6.45) is 2.23. The second kappa shape index (κ2) is 7.80. The SMILES string of the molecule is Cc1csc(N2C(=O)C3=C(C(=O)C4CC(Br)CCC4O3)C2c2ccc(C(C)(C)C)cc2)n1. The molecule has 3 aliphatic rings. The van der Waals surface area contributed by atoms with Gasteiger partial charge in [-0.05, 0) is 42.7 Å². The number of halogens is 1. The predicted molar refractivity (Wildman–Crippen MR) is 129 cm³/mol. The Morgan fingerprint density at radius 2 is 1.88 bits per heavy atom. The molecule has 5 rings (SSSR count). The van der Waals surface area contributed by atoms with E-state index in [1.54, 1.807) is 4.90 Å². The molecule has 1 aromatic carbocycles. The van der Waals surface area contributed by atoms with E-state index in [2.05, 4.69) is 53.8 Å². The van der Waals surface area contributed by atoms with E-state index in [0.29, 0.717) is 15.5 Å². The van der Waals surface area contributed by atoms with Crippen LogP contribution < -0.4 is 4.90 Å². The van der Waals surface area contributed by atoms with Crippen molar-refractivity contribution in [2.24, 2.45) is 5.92 Å².